The fraction of sp³-hybridized carbons (Fsp3) is 0.571. The summed E-state index contributed by atoms with van der Waals surface area (Å²) in [4.78, 5) is 0. The quantitative estimate of drug-likeness (QED) is 0.830. The van der Waals surface area contributed by atoms with Gasteiger partial charge < -0.3 is 5.32 Å². The molecule has 1 aromatic carbocycles. The van der Waals surface area contributed by atoms with Crippen LogP contribution in [0.25, 0.3) is 0 Å². The summed E-state index contributed by atoms with van der Waals surface area (Å²) >= 11 is 3.46. The van der Waals surface area contributed by atoms with E-state index in [2.05, 4.69) is 66.3 Å². The second-order valence-electron chi connectivity index (χ2n) is 5.81. The molecule has 2 atom stereocenters. The van der Waals surface area contributed by atoms with Gasteiger partial charge in [-0.1, -0.05) is 36.7 Å². The van der Waals surface area contributed by atoms with Crippen LogP contribution in [0.1, 0.15) is 33.6 Å². The minimum Gasteiger partial charge on any atom is -0.382 e. The monoisotopic (exact) mass is 281 g/mol. The van der Waals surface area contributed by atoms with Gasteiger partial charge in [0.15, 0.2) is 0 Å². The first-order valence-electron chi connectivity index (χ1n) is 5.98. The van der Waals surface area contributed by atoms with Gasteiger partial charge in [0.1, 0.15) is 0 Å². The van der Waals surface area contributed by atoms with Crippen LogP contribution in [0.3, 0.4) is 0 Å². The van der Waals surface area contributed by atoms with Gasteiger partial charge in [-0.15, -0.1) is 0 Å². The van der Waals surface area contributed by atoms with E-state index in [0.29, 0.717) is 11.5 Å². The molecule has 1 N–H and O–H groups in total. The van der Waals surface area contributed by atoms with Gasteiger partial charge in [0, 0.05) is 16.2 Å². The molecule has 0 aliphatic heterocycles. The van der Waals surface area contributed by atoms with Crippen LogP contribution in [0.4, 0.5) is 5.69 Å². The maximum atomic E-state index is 3.65. The Morgan fingerprint density at radius 1 is 1.19 bits per heavy atom. The molecule has 1 aliphatic rings. The Kier molecular flexibility index (Phi) is 3.29. The van der Waals surface area contributed by atoms with E-state index in [-0.39, 0.29) is 0 Å². The van der Waals surface area contributed by atoms with Crippen LogP contribution >= 0.6 is 15.9 Å². The Morgan fingerprint density at radius 3 is 2.31 bits per heavy atom. The highest BCUT2D eigenvalue weighted by molar-refractivity contribution is 9.10. The lowest BCUT2D eigenvalue weighted by Gasteiger charge is -2.19. The molecule has 2 rings (SSSR count). The molecule has 1 nitrogen and oxygen atoms in total. The van der Waals surface area contributed by atoms with Crippen LogP contribution in [0, 0.1) is 11.3 Å². The number of anilines is 1. The van der Waals surface area contributed by atoms with Gasteiger partial charge in [-0.2, -0.15) is 0 Å². The summed E-state index contributed by atoms with van der Waals surface area (Å²) in [5.74, 6) is 0.763. The van der Waals surface area contributed by atoms with Gasteiger partial charge >= 0.3 is 0 Å². The van der Waals surface area contributed by atoms with Crippen LogP contribution < -0.4 is 5.32 Å². The molecule has 16 heavy (non-hydrogen) atoms. The van der Waals surface area contributed by atoms with Crippen LogP contribution in [0.15, 0.2) is 28.7 Å². The lowest BCUT2D eigenvalue weighted by Crippen LogP contribution is -2.22. The lowest BCUT2D eigenvalue weighted by molar-refractivity contribution is 0.366. The molecule has 1 fully saturated rings. The standard InChI is InChI=1S/C14H20BrN/c1-10-8-14(2,3)9-13(10)16-12-6-4-11(15)5-7-12/h4-7,10,13,16H,8-9H2,1-3H3. The second-order valence-corrected chi connectivity index (χ2v) is 6.72. The van der Waals surface area contributed by atoms with E-state index in [1.165, 1.54) is 18.5 Å². The third-order valence-electron chi connectivity index (χ3n) is 3.53. The van der Waals surface area contributed by atoms with E-state index in [1.54, 1.807) is 0 Å². The van der Waals surface area contributed by atoms with Crippen LogP contribution in [0.2, 0.25) is 0 Å². The largest absolute Gasteiger partial charge is 0.382 e. The van der Waals surface area contributed by atoms with Crippen molar-refractivity contribution in [3.05, 3.63) is 28.7 Å². The van der Waals surface area contributed by atoms with Gasteiger partial charge in [-0.25, -0.2) is 0 Å². The fourth-order valence-electron chi connectivity index (χ4n) is 2.85. The minimum atomic E-state index is 0.493. The van der Waals surface area contributed by atoms with Gasteiger partial charge in [0.25, 0.3) is 0 Å². The summed E-state index contributed by atoms with van der Waals surface area (Å²) in [6.07, 6.45) is 2.59. The minimum absolute atomic E-state index is 0.493. The zero-order chi connectivity index (χ0) is 11.8. The van der Waals surface area contributed by atoms with Crippen molar-refractivity contribution >= 4 is 21.6 Å². The third kappa shape index (κ3) is 2.79. The number of rotatable bonds is 2. The zero-order valence-corrected chi connectivity index (χ0v) is 11.8. The summed E-state index contributed by atoms with van der Waals surface area (Å²) in [5, 5.41) is 3.65. The van der Waals surface area contributed by atoms with Crippen LogP contribution in [-0.2, 0) is 0 Å². The average molecular weight is 282 g/mol. The normalized spacial score (nSPS) is 28.0. The van der Waals surface area contributed by atoms with Crippen molar-refractivity contribution in [2.45, 2.75) is 39.7 Å². The van der Waals surface area contributed by atoms with E-state index in [4.69, 9.17) is 0 Å². The van der Waals surface area contributed by atoms with Crippen molar-refractivity contribution in [2.75, 3.05) is 5.32 Å². The highest BCUT2D eigenvalue weighted by atomic mass is 79.9. The van der Waals surface area contributed by atoms with Gasteiger partial charge in [0.2, 0.25) is 0 Å². The van der Waals surface area contributed by atoms with Crippen LogP contribution in [-0.4, -0.2) is 6.04 Å². The van der Waals surface area contributed by atoms with E-state index >= 15 is 0 Å². The smallest absolute Gasteiger partial charge is 0.0343 e. The van der Waals surface area contributed by atoms with E-state index in [9.17, 15) is 0 Å². The lowest BCUT2D eigenvalue weighted by atomic mass is 9.91. The molecule has 88 valence electrons. The maximum absolute atomic E-state index is 3.65. The number of halogens is 1. The number of benzene rings is 1. The van der Waals surface area contributed by atoms with Crippen molar-refractivity contribution in [2.24, 2.45) is 11.3 Å². The Bertz CT molecular complexity index is 356. The molecular formula is C14H20BrN. The van der Waals surface area contributed by atoms with E-state index < -0.39 is 0 Å². The van der Waals surface area contributed by atoms with E-state index in [0.717, 1.165) is 10.4 Å². The van der Waals surface area contributed by atoms with Crippen molar-refractivity contribution in [1.82, 2.24) is 0 Å². The molecule has 0 saturated heterocycles. The summed E-state index contributed by atoms with van der Waals surface area (Å²) in [6.45, 7) is 7.09. The molecule has 0 bridgehead atoms. The summed E-state index contributed by atoms with van der Waals surface area (Å²) in [6, 6.07) is 9.08. The highest BCUT2D eigenvalue weighted by Gasteiger charge is 2.36. The Labute approximate surface area is 107 Å². The number of nitrogens with one attached hydrogen (secondary N) is 1. The number of hydrogen-bond acceptors (Lipinski definition) is 1. The van der Waals surface area contributed by atoms with Gasteiger partial charge in [-0.05, 0) is 48.4 Å². The predicted octanol–water partition coefficient (Wildman–Crippen LogP) is 4.69. The van der Waals surface area contributed by atoms with Crippen molar-refractivity contribution < 1.29 is 0 Å². The molecule has 2 heteroatoms. The predicted molar refractivity (Wildman–Crippen MR) is 73.7 cm³/mol. The molecule has 1 aromatic rings. The molecule has 0 amide bonds. The van der Waals surface area contributed by atoms with Crippen molar-refractivity contribution in [3.63, 3.8) is 0 Å². The summed E-state index contributed by atoms with van der Waals surface area (Å²) in [7, 11) is 0. The van der Waals surface area contributed by atoms with Gasteiger partial charge in [-0.3, -0.25) is 0 Å². The molecule has 1 saturated carbocycles. The first-order chi connectivity index (χ1) is 7.46. The van der Waals surface area contributed by atoms with Crippen molar-refractivity contribution in [3.8, 4) is 0 Å². The fourth-order valence-corrected chi connectivity index (χ4v) is 3.11. The zero-order valence-electron chi connectivity index (χ0n) is 10.3. The molecular weight excluding hydrogens is 262 g/mol. The third-order valence-corrected chi connectivity index (χ3v) is 4.06. The first kappa shape index (κ1) is 12.0. The maximum Gasteiger partial charge on any atom is 0.0343 e. The van der Waals surface area contributed by atoms with Gasteiger partial charge in [0.05, 0.1) is 0 Å². The number of hydrogen-bond donors (Lipinski definition) is 1. The van der Waals surface area contributed by atoms with Crippen LogP contribution in [0.5, 0.6) is 0 Å². The Morgan fingerprint density at radius 2 is 1.81 bits per heavy atom. The average Bonchev–Trinajstić information content (AvgIpc) is 2.44. The Balaban J connectivity index is 2.03. The second kappa shape index (κ2) is 4.40. The summed E-state index contributed by atoms with van der Waals surface area (Å²) < 4.78 is 1.14. The van der Waals surface area contributed by atoms with Crippen molar-refractivity contribution in [1.29, 1.82) is 0 Å². The SMILES string of the molecule is CC1CC(C)(C)CC1Nc1ccc(Br)cc1. The summed E-state index contributed by atoms with van der Waals surface area (Å²) in [5.41, 5.74) is 1.73. The molecule has 2 unspecified atom stereocenters. The molecule has 0 aromatic heterocycles. The highest BCUT2D eigenvalue weighted by Crippen LogP contribution is 2.42. The first-order valence-corrected chi connectivity index (χ1v) is 6.78. The molecule has 0 spiro atoms. The topological polar surface area (TPSA) is 12.0 Å². The molecule has 0 radical (unpaired) electrons. The Hall–Kier alpha value is -0.500. The molecule has 1 aliphatic carbocycles. The van der Waals surface area contributed by atoms with E-state index in [1.807, 2.05) is 0 Å². The molecule has 0 heterocycles.